The van der Waals surface area contributed by atoms with Crippen molar-refractivity contribution in [2.24, 2.45) is 0 Å². The number of nitrogens with zero attached hydrogens (tertiary/aromatic N) is 2. The Kier molecular flexibility index (Phi) is 7.54. The second-order valence-electron chi connectivity index (χ2n) is 9.40. The quantitative estimate of drug-likeness (QED) is 0.322. The third-order valence-electron chi connectivity index (χ3n) is 5.68. The number of phenols is 1. The number of aromatic hydroxyl groups is 1. The number of imidazole rings is 1. The molecule has 0 bridgehead atoms. The summed E-state index contributed by atoms with van der Waals surface area (Å²) in [7, 11) is -1.22. The van der Waals surface area contributed by atoms with E-state index in [0.29, 0.717) is 30.0 Å². The Morgan fingerprint density at radius 2 is 1.88 bits per heavy atom. The molecule has 0 aliphatic heterocycles. The van der Waals surface area contributed by atoms with E-state index in [2.05, 4.69) is 24.6 Å². The van der Waals surface area contributed by atoms with Crippen LogP contribution in [0.3, 0.4) is 0 Å². The lowest BCUT2D eigenvalue weighted by Crippen LogP contribution is -2.32. The molecule has 1 heterocycles. The highest BCUT2D eigenvalue weighted by Crippen LogP contribution is 2.39. The fourth-order valence-electron chi connectivity index (χ4n) is 3.77. The molecule has 2 N–H and O–H groups in total. The average molecular weight is 457 g/mol. The van der Waals surface area contributed by atoms with Gasteiger partial charge in [0, 0.05) is 50.7 Å². The molecule has 0 aliphatic carbocycles. The zero-order valence-corrected chi connectivity index (χ0v) is 20.3. The summed E-state index contributed by atoms with van der Waals surface area (Å²) in [5.41, 5.74) is 0.161. The van der Waals surface area contributed by atoms with Crippen molar-refractivity contribution in [1.29, 1.82) is 0 Å². The lowest BCUT2D eigenvalue weighted by atomic mass is 9.84. The number of rotatable bonds is 10. The van der Waals surface area contributed by atoms with Crippen LogP contribution < -0.4 is 0 Å². The number of benzene rings is 2. The average Bonchev–Trinajstić information content (AvgIpc) is 3.22. The van der Waals surface area contributed by atoms with Gasteiger partial charge in [-0.2, -0.15) is 0 Å². The van der Waals surface area contributed by atoms with Gasteiger partial charge in [-0.25, -0.2) is 9.37 Å². The molecule has 3 rings (SSSR count). The number of halogens is 1. The summed E-state index contributed by atoms with van der Waals surface area (Å²) in [5.74, 6) is -0.418. The first-order chi connectivity index (χ1) is 15.1. The Balaban J connectivity index is 1.96. The van der Waals surface area contributed by atoms with E-state index in [1.54, 1.807) is 17.0 Å². The maximum Gasteiger partial charge on any atom is 0.147 e. The molecule has 1 atom stereocenters. The molecule has 7 heteroatoms. The number of phenolic OH excluding ortho intramolecular Hbond substituents is 1. The van der Waals surface area contributed by atoms with Gasteiger partial charge in [0.25, 0.3) is 0 Å². The predicted octanol–water partition coefficient (Wildman–Crippen LogP) is 5.28. The first-order valence-electron chi connectivity index (χ1n) is 11.0. The van der Waals surface area contributed by atoms with Gasteiger partial charge in [0.1, 0.15) is 29.7 Å². The van der Waals surface area contributed by atoms with Crippen LogP contribution in [0.4, 0.5) is 4.39 Å². The van der Waals surface area contributed by atoms with Gasteiger partial charge in [-0.1, -0.05) is 56.9 Å². The van der Waals surface area contributed by atoms with Gasteiger partial charge in [-0.15, -0.1) is 0 Å². The molecule has 1 aromatic heterocycles. The van der Waals surface area contributed by atoms with Crippen LogP contribution in [0.15, 0.2) is 54.9 Å². The molecule has 0 saturated carbocycles. The minimum atomic E-state index is -1.59. The Labute approximate surface area is 190 Å². The molecular formula is C25H33FN2O3Si. The van der Waals surface area contributed by atoms with Gasteiger partial charge >= 0.3 is 0 Å². The van der Waals surface area contributed by atoms with E-state index >= 15 is 0 Å². The number of hydrogen-bond donors (Lipinski definition) is 2. The van der Waals surface area contributed by atoms with E-state index in [4.69, 9.17) is 4.74 Å². The van der Waals surface area contributed by atoms with E-state index in [9.17, 15) is 14.6 Å². The molecule has 0 aliphatic rings. The Bertz CT molecular complexity index is 1030. The van der Waals surface area contributed by atoms with Crippen LogP contribution in [0, 0.1) is 5.82 Å². The van der Waals surface area contributed by atoms with Crippen molar-refractivity contribution in [3.63, 3.8) is 0 Å². The summed E-state index contributed by atoms with van der Waals surface area (Å²) in [6.45, 7) is 9.58. The Morgan fingerprint density at radius 3 is 2.53 bits per heavy atom. The van der Waals surface area contributed by atoms with Crippen LogP contribution in [0.2, 0.25) is 25.7 Å². The highest BCUT2D eigenvalue weighted by Gasteiger charge is 2.37. The van der Waals surface area contributed by atoms with Gasteiger partial charge < -0.3 is 19.5 Å². The van der Waals surface area contributed by atoms with Gasteiger partial charge in [-0.3, -0.25) is 0 Å². The second kappa shape index (κ2) is 9.98. The van der Waals surface area contributed by atoms with Crippen LogP contribution in [0.1, 0.15) is 35.9 Å². The summed E-state index contributed by atoms with van der Waals surface area (Å²) in [6.07, 6.45) is 3.97. The largest absolute Gasteiger partial charge is 0.508 e. The van der Waals surface area contributed by atoms with Crippen molar-refractivity contribution in [2.75, 3.05) is 6.61 Å². The van der Waals surface area contributed by atoms with Crippen molar-refractivity contribution in [1.82, 2.24) is 9.55 Å². The van der Waals surface area contributed by atoms with Crippen molar-refractivity contribution in [3.8, 4) is 5.75 Å². The number of aromatic nitrogens is 2. The normalized spacial score (nSPS) is 13.8. The van der Waals surface area contributed by atoms with Crippen molar-refractivity contribution in [2.45, 2.75) is 57.8 Å². The maximum atomic E-state index is 14.4. The molecule has 2 aromatic carbocycles. The zero-order chi connectivity index (χ0) is 23.4. The third kappa shape index (κ3) is 5.65. The fraction of sp³-hybridized carbons (Fsp3) is 0.400. The molecule has 0 spiro atoms. The molecule has 0 fully saturated rings. The molecule has 0 amide bonds. The van der Waals surface area contributed by atoms with Crippen LogP contribution in [-0.2, 0) is 23.5 Å². The van der Waals surface area contributed by atoms with Gasteiger partial charge in [0.05, 0.1) is 0 Å². The van der Waals surface area contributed by atoms with Crippen molar-refractivity contribution in [3.05, 3.63) is 83.2 Å². The van der Waals surface area contributed by atoms with Crippen LogP contribution in [0.5, 0.6) is 5.75 Å². The molecule has 0 saturated heterocycles. The van der Waals surface area contributed by atoms with E-state index in [1.807, 2.05) is 37.3 Å². The monoisotopic (exact) mass is 456 g/mol. The van der Waals surface area contributed by atoms with E-state index in [0.717, 1.165) is 17.7 Å². The smallest absolute Gasteiger partial charge is 0.147 e. The van der Waals surface area contributed by atoms with E-state index in [1.165, 1.54) is 6.07 Å². The highest BCUT2D eigenvalue weighted by atomic mass is 28.3. The Morgan fingerprint density at radius 1 is 1.16 bits per heavy atom. The topological polar surface area (TPSA) is 67.5 Å². The van der Waals surface area contributed by atoms with E-state index < -0.39 is 19.5 Å². The standard InChI is InChI=1S/C25H33FN2O3Si/c1-5-25(30,24-27-11-12-28(24)18-31-13-14-32(2,3)4)22-16-20(26)17-23(29)21(22)15-19-9-7-6-8-10-19/h6-12,16-17,29-30H,5,13-15,18H2,1-4H3. The lowest BCUT2D eigenvalue weighted by Gasteiger charge is -2.30. The fourth-order valence-corrected chi connectivity index (χ4v) is 4.52. The number of ether oxygens (including phenoxy) is 1. The summed E-state index contributed by atoms with van der Waals surface area (Å²) in [6, 6.07) is 13.0. The van der Waals surface area contributed by atoms with Crippen LogP contribution >= 0.6 is 0 Å². The van der Waals surface area contributed by atoms with Gasteiger partial charge in [0.2, 0.25) is 0 Å². The SMILES string of the molecule is CCC(O)(c1cc(F)cc(O)c1Cc1ccccc1)c1nccn1COCC[Si](C)(C)C. The molecule has 0 radical (unpaired) electrons. The number of hydrogen-bond acceptors (Lipinski definition) is 4. The third-order valence-corrected chi connectivity index (χ3v) is 7.39. The molecule has 32 heavy (non-hydrogen) atoms. The first kappa shape index (κ1) is 24.2. The van der Waals surface area contributed by atoms with Crippen LogP contribution in [0.25, 0.3) is 0 Å². The minimum absolute atomic E-state index is 0.180. The molecular weight excluding hydrogens is 423 g/mol. The molecule has 3 aromatic rings. The highest BCUT2D eigenvalue weighted by molar-refractivity contribution is 6.76. The van der Waals surface area contributed by atoms with E-state index in [-0.39, 0.29) is 18.9 Å². The zero-order valence-electron chi connectivity index (χ0n) is 19.3. The summed E-state index contributed by atoms with van der Waals surface area (Å²) < 4.78 is 22.0. The second-order valence-corrected chi connectivity index (χ2v) is 15.0. The Hall–Kier alpha value is -2.48. The van der Waals surface area contributed by atoms with Crippen LogP contribution in [-0.4, -0.2) is 34.4 Å². The maximum absolute atomic E-state index is 14.4. The lowest BCUT2D eigenvalue weighted by molar-refractivity contribution is 0.0396. The summed E-state index contributed by atoms with van der Waals surface area (Å²) in [4.78, 5) is 4.41. The summed E-state index contributed by atoms with van der Waals surface area (Å²) in [5, 5.41) is 22.4. The predicted molar refractivity (Wildman–Crippen MR) is 127 cm³/mol. The molecule has 1 unspecified atom stereocenters. The van der Waals surface area contributed by atoms with Gasteiger partial charge in [0.15, 0.2) is 0 Å². The van der Waals surface area contributed by atoms with Crippen molar-refractivity contribution >= 4 is 8.07 Å². The molecule has 172 valence electrons. The number of aliphatic hydroxyl groups is 1. The summed E-state index contributed by atoms with van der Waals surface area (Å²) >= 11 is 0. The molecule has 5 nitrogen and oxygen atoms in total. The first-order valence-corrected chi connectivity index (χ1v) is 14.7. The van der Waals surface area contributed by atoms with Crippen molar-refractivity contribution < 1.29 is 19.3 Å². The van der Waals surface area contributed by atoms with Gasteiger partial charge in [-0.05, 0) is 24.1 Å². The minimum Gasteiger partial charge on any atom is -0.508 e.